The fraction of sp³-hybridized carbons (Fsp3) is 0.227. The summed E-state index contributed by atoms with van der Waals surface area (Å²) in [4.78, 5) is 14.3. The molecule has 0 aromatic heterocycles. The highest BCUT2D eigenvalue weighted by Crippen LogP contribution is 2.17. The fourth-order valence-electron chi connectivity index (χ4n) is 3.07. The van der Waals surface area contributed by atoms with Gasteiger partial charge in [0, 0.05) is 6.54 Å². The highest BCUT2D eigenvalue weighted by atomic mass is 19.1. The molecule has 0 aliphatic carbocycles. The summed E-state index contributed by atoms with van der Waals surface area (Å²) in [6, 6.07) is 20.6. The first-order valence-electron chi connectivity index (χ1n) is 8.72. The molecule has 0 saturated carbocycles. The lowest BCUT2D eigenvalue weighted by Crippen LogP contribution is -2.36. The van der Waals surface area contributed by atoms with Gasteiger partial charge in [-0.2, -0.15) is 0 Å². The Balaban J connectivity index is 1.55. The molecule has 26 heavy (non-hydrogen) atoms. The fourth-order valence-corrected chi connectivity index (χ4v) is 3.07. The normalized spacial score (nSPS) is 12.3. The molecule has 0 aliphatic rings. The van der Waals surface area contributed by atoms with E-state index in [0.29, 0.717) is 13.1 Å². The molecule has 0 radical (unpaired) electrons. The smallest absolute Gasteiger partial charge is 0.234 e. The van der Waals surface area contributed by atoms with Gasteiger partial charge in [-0.05, 0) is 54.1 Å². The van der Waals surface area contributed by atoms with E-state index in [2.05, 4.69) is 35.6 Å². The minimum atomic E-state index is -0.276. The molecule has 134 valence electrons. The van der Waals surface area contributed by atoms with Crippen LogP contribution in [0, 0.1) is 5.82 Å². The van der Waals surface area contributed by atoms with Gasteiger partial charge in [-0.15, -0.1) is 0 Å². The number of halogens is 1. The van der Waals surface area contributed by atoms with Gasteiger partial charge in [0.1, 0.15) is 5.82 Å². The highest BCUT2D eigenvalue weighted by Gasteiger charge is 2.12. The van der Waals surface area contributed by atoms with Crippen molar-refractivity contribution < 1.29 is 9.18 Å². The van der Waals surface area contributed by atoms with E-state index < -0.39 is 0 Å². The summed E-state index contributed by atoms with van der Waals surface area (Å²) < 4.78 is 13.0. The quantitative estimate of drug-likeness (QED) is 0.719. The second-order valence-electron chi connectivity index (χ2n) is 6.69. The highest BCUT2D eigenvalue weighted by molar-refractivity contribution is 5.83. The Morgan fingerprint density at radius 3 is 2.46 bits per heavy atom. The van der Waals surface area contributed by atoms with Gasteiger partial charge in [0.2, 0.25) is 5.91 Å². The molecule has 0 spiro atoms. The predicted molar refractivity (Wildman–Crippen MR) is 103 cm³/mol. The second-order valence-corrected chi connectivity index (χ2v) is 6.69. The van der Waals surface area contributed by atoms with Gasteiger partial charge in [-0.3, -0.25) is 9.69 Å². The lowest BCUT2D eigenvalue weighted by atomic mass is 10.1. The molecule has 0 aliphatic heterocycles. The number of amides is 1. The number of carbonyl (C=O) groups excluding carboxylic acids is 1. The number of rotatable bonds is 6. The molecular formula is C22H23FN2O. The van der Waals surface area contributed by atoms with E-state index >= 15 is 0 Å². The molecule has 0 bridgehead atoms. The third-order valence-corrected chi connectivity index (χ3v) is 4.43. The third kappa shape index (κ3) is 4.67. The van der Waals surface area contributed by atoms with E-state index in [9.17, 15) is 9.18 Å². The number of nitrogens with zero attached hydrogens (tertiary/aromatic N) is 1. The summed E-state index contributed by atoms with van der Waals surface area (Å²) in [5.41, 5.74) is 2.06. The van der Waals surface area contributed by atoms with Crippen molar-refractivity contribution in [3.05, 3.63) is 83.7 Å². The van der Waals surface area contributed by atoms with Crippen molar-refractivity contribution in [3.8, 4) is 0 Å². The van der Waals surface area contributed by atoms with Crippen LogP contribution in [-0.4, -0.2) is 24.4 Å². The minimum absolute atomic E-state index is 0.0508. The summed E-state index contributed by atoms with van der Waals surface area (Å²) in [5.74, 6) is -0.326. The van der Waals surface area contributed by atoms with Crippen LogP contribution in [0.4, 0.5) is 4.39 Å². The first-order chi connectivity index (χ1) is 12.5. The zero-order chi connectivity index (χ0) is 18.5. The van der Waals surface area contributed by atoms with E-state index in [1.54, 1.807) is 12.1 Å². The van der Waals surface area contributed by atoms with Gasteiger partial charge in [0.15, 0.2) is 0 Å². The zero-order valence-corrected chi connectivity index (χ0v) is 15.1. The molecule has 1 atom stereocenters. The summed E-state index contributed by atoms with van der Waals surface area (Å²) in [6.07, 6.45) is 0. The summed E-state index contributed by atoms with van der Waals surface area (Å²) in [7, 11) is 1.93. The first kappa shape index (κ1) is 18.1. The van der Waals surface area contributed by atoms with Gasteiger partial charge in [0.05, 0.1) is 12.6 Å². The number of hydrogen-bond donors (Lipinski definition) is 1. The molecule has 1 amide bonds. The average molecular weight is 350 g/mol. The number of carbonyl (C=O) groups is 1. The van der Waals surface area contributed by atoms with Crippen LogP contribution in [0.2, 0.25) is 0 Å². The second kappa shape index (κ2) is 8.11. The van der Waals surface area contributed by atoms with E-state index in [0.717, 1.165) is 5.56 Å². The molecule has 0 saturated heterocycles. The molecule has 3 rings (SSSR count). The Morgan fingerprint density at radius 1 is 1.04 bits per heavy atom. The Labute approximate surface area is 153 Å². The minimum Gasteiger partial charge on any atom is -0.348 e. The molecule has 3 aromatic carbocycles. The molecule has 0 unspecified atom stereocenters. The molecule has 4 heteroatoms. The van der Waals surface area contributed by atoms with Gasteiger partial charge >= 0.3 is 0 Å². The maximum atomic E-state index is 13.0. The van der Waals surface area contributed by atoms with Crippen LogP contribution >= 0.6 is 0 Å². The van der Waals surface area contributed by atoms with Crippen LogP contribution in [0.5, 0.6) is 0 Å². The number of benzene rings is 3. The van der Waals surface area contributed by atoms with Gasteiger partial charge in [-0.25, -0.2) is 4.39 Å². The molecule has 3 aromatic rings. The van der Waals surface area contributed by atoms with E-state index in [1.165, 1.54) is 28.5 Å². The molecular weight excluding hydrogens is 327 g/mol. The van der Waals surface area contributed by atoms with Crippen LogP contribution in [0.15, 0.2) is 66.7 Å². The molecule has 0 heterocycles. The number of fused-ring (bicyclic) bond motifs is 1. The van der Waals surface area contributed by atoms with E-state index in [-0.39, 0.29) is 17.8 Å². The zero-order valence-electron chi connectivity index (χ0n) is 15.1. The number of hydrogen-bond acceptors (Lipinski definition) is 2. The third-order valence-electron chi connectivity index (χ3n) is 4.43. The van der Waals surface area contributed by atoms with Crippen LogP contribution in [0.3, 0.4) is 0 Å². The molecule has 3 nitrogen and oxygen atoms in total. The van der Waals surface area contributed by atoms with Crippen molar-refractivity contribution in [3.63, 3.8) is 0 Å². The average Bonchev–Trinajstić information content (AvgIpc) is 2.61. The van der Waals surface area contributed by atoms with Crippen LogP contribution in [-0.2, 0) is 11.3 Å². The maximum Gasteiger partial charge on any atom is 0.234 e. The lowest BCUT2D eigenvalue weighted by Gasteiger charge is -2.19. The van der Waals surface area contributed by atoms with Gasteiger partial charge < -0.3 is 5.32 Å². The van der Waals surface area contributed by atoms with Gasteiger partial charge in [-0.1, -0.05) is 48.5 Å². The Kier molecular flexibility index (Phi) is 5.64. The summed E-state index contributed by atoms with van der Waals surface area (Å²) >= 11 is 0. The van der Waals surface area contributed by atoms with Gasteiger partial charge in [0.25, 0.3) is 0 Å². The van der Waals surface area contributed by atoms with E-state index in [4.69, 9.17) is 0 Å². The van der Waals surface area contributed by atoms with Crippen molar-refractivity contribution in [2.75, 3.05) is 13.6 Å². The topological polar surface area (TPSA) is 32.3 Å². The Hall–Kier alpha value is -2.72. The van der Waals surface area contributed by atoms with Crippen molar-refractivity contribution >= 4 is 16.7 Å². The van der Waals surface area contributed by atoms with E-state index in [1.807, 2.05) is 31.0 Å². The standard InChI is InChI=1S/C22H23FN2O/c1-16(18-9-11-21(23)12-10-18)24-22(26)15-25(2)14-17-7-8-19-5-3-4-6-20(19)13-17/h3-13,16H,14-15H2,1-2H3,(H,24,26)/t16-/m1/s1. The summed E-state index contributed by atoms with van der Waals surface area (Å²) in [6.45, 7) is 2.90. The molecule has 1 N–H and O–H groups in total. The van der Waals surface area contributed by atoms with Crippen LogP contribution in [0.1, 0.15) is 24.1 Å². The summed E-state index contributed by atoms with van der Waals surface area (Å²) in [5, 5.41) is 5.37. The predicted octanol–water partition coefficient (Wildman–Crippen LogP) is 4.29. The first-order valence-corrected chi connectivity index (χ1v) is 8.72. The van der Waals surface area contributed by atoms with Crippen molar-refractivity contribution in [1.29, 1.82) is 0 Å². The van der Waals surface area contributed by atoms with Crippen molar-refractivity contribution in [2.45, 2.75) is 19.5 Å². The van der Waals surface area contributed by atoms with Crippen molar-refractivity contribution in [1.82, 2.24) is 10.2 Å². The lowest BCUT2D eigenvalue weighted by molar-refractivity contribution is -0.122. The van der Waals surface area contributed by atoms with Crippen molar-refractivity contribution in [2.24, 2.45) is 0 Å². The Morgan fingerprint density at radius 2 is 1.73 bits per heavy atom. The maximum absolute atomic E-state index is 13.0. The van der Waals surface area contributed by atoms with Crippen LogP contribution in [0.25, 0.3) is 10.8 Å². The SMILES string of the molecule is C[C@@H](NC(=O)CN(C)Cc1ccc2ccccc2c1)c1ccc(F)cc1. The number of likely N-dealkylation sites (N-methyl/N-ethyl adjacent to an activating group) is 1. The Bertz CT molecular complexity index is 892. The monoisotopic (exact) mass is 350 g/mol. The van der Waals surface area contributed by atoms with Crippen LogP contribution < -0.4 is 5.32 Å². The number of nitrogens with one attached hydrogen (secondary N) is 1. The largest absolute Gasteiger partial charge is 0.348 e. The molecule has 0 fully saturated rings.